The van der Waals surface area contributed by atoms with Gasteiger partial charge in [0.1, 0.15) is 0 Å². The third kappa shape index (κ3) is 4.30. The minimum atomic E-state index is -3.50. The summed E-state index contributed by atoms with van der Waals surface area (Å²) < 4.78 is 26.1. The average Bonchev–Trinajstić information content (AvgIpc) is 2.36. The molecule has 0 radical (unpaired) electrons. The highest BCUT2D eigenvalue weighted by Gasteiger charge is 2.11. The Morgan fingerprint density at radius 3 is 2.50 bits per heavy atom. The zero-order valence-electron chi connectivity index (χ0n) is 9.83. The summed E-state index contributed by atoms with van der Waals surface area (Å²) in [6, 6.07) is 8.24. The SMILES string of the molecule is N#CCc1ccc(S(=O)(=O)NC/C=C/CN)cc1. The second-order valence-electron chi connectivity index (χ2n) is 3.54. The van der Waals surface area contributed by atoms with E-state index in [2.05, 4.69) is 4.72 Å². The van der Waals surface area contributed by atoms with Crippen LogP contribution in [0.2, 0.25) is 0 Å². The molecule has 6 heteroatoms. The van der Waals surface area contributed by atoms with Gasteiger partial charge in [-0.05, 0) is 17.7 Å². The first-order valence-corrected chi connectivity index (χ1v) is 6.89. The summed E-state index contributed by atoms with van der Waals surface area (Å²) in [4.78, 5) is 0.185. The Bertz CT molecular complexity index is 542. The van der Waals surface area contributed by atoms with Gasteiger partial charge in [-0.1, -0.05) is 24.3 Å². The van der Waals surface area contributed by atoms with Gasteiger partial charge in [0.05, 0.1) is 17.4 Å². The molecule has 0 aromatic heterocycles. The third-order valence-electron chi connectivity index (χ3n) is 2.21. The molecule has 96 valence electrons. The number of sulfonamides is 1. The monoisotopic (exact) mass is 265 g/mol. The van der Waals surface area contributed by atoms with Crippen molar-refractivity contribution in [1.29, 1.82) is 5.26 Å². The fourth-order valence-electron chi connectivity index (χ4n) is 1.30. The van der Waals surface area contributed by atoms with E-state index in [1.54, 1.807) is 24.3 Å². The normalized spacial score (nSPS) is 11.6. The summed E-state index contributed by atoms with van der Waals surface area (Å²) in [6.45, 7) is 0.587. The zero-order valence-corrected chi connectivity index (χ0v) is 10.7. The smallest absolute Gasteiger partial charge is 0.240 e. The van der Waals surface area contributed by atoms with Gasteiger partial charge in [-0.25, -0.2) is 13.1 Å². The highest BCUT2D eigenvalue weighted by molar-refractivity contribution is 7.89. The molecule has 1 aromatic rings. The summed E-state index contributed by atoms with van der Waals surface area (Å²) >= 11 is 0. The van der Waals surface area contributed by atoms with Crippen LogP contribution in [0.5, 0.6) is 0 Å². The van der Waals surface area contributed by atoms with E-state index in [1.807, 2.05) is 6.07 Å². The van der Waals surface area contributed by atoms with Gasteiger partial charge in [-0.2, -0.15) is 5.26 Å². The molecule has 0 bridgehead atoms. The van der Waals surface area contributed by atoms with Crippen molar-refractivity contribution in [3.05, 3.63) is 42.0 Å². The lowest BCUT2D eigenvalue weighted by Gasteiger charge is -2.05. The molecule has 0 aliphatic heterocycles. The van der Waals surface area contributed by atoms with Crippen LogP contribution < -0.4 is 10.5 Å². The van der Waals surface area contributed by atoms with Crippen molar-refractivity contribution in [3.63, 3.8) is 0 Å². The summed E-state index contributed by atoms with van der Waals surface area (Å²) in [5.74, 6) is 0. The third-order valence-corrected chi connectivity index (χ3v) is 3.65. The van der Waals surface area contributed by atoms with Crippen molar-refractivity contribution >= 4 is 10.0 Å². The van der Waals surface area contributed by atoms with Crippen LogP contribution >= 0.6 is 0 Å². The number of rotatable bonds is 6. The Labute approximate surface area is 107 Å². The predicted octanol–water partition coefficient (Wildman–Crippen LogP) is 0.546. The van der Waals surface area contributed by atoms with Crippen LogP contribution in [0.1, 0.15) is 5.56 Å². The predicted molar refractivity (Wildman–Crippen MR) is 69.1 cm³/mol. The first-order valence-electron chi connectivity index (χ1n) is 5.41. The van der Waals surface area contributed by atoms with Crippen LogP contribution in [0, 0.1) is 11.3 Å². The fourth-order valence-corrected chi connectivity index (χ4v) is 2.28. The van der Waals surface area contributed by atoms with Crippen molar-refractivity contribution in [1.82, 2.24) is 4.72 Å². The molecule has 1 aromatic carbocycles. The molecule has 0 atom stereocenters. The number of nitrogens with zero attached hydrogens (tertiary/aromatic N) is 1. The molecule has 18 heavy (non-hydrogen) atoms. The van der Waals surface area contributed by atoms with Crippen LogP contribution in [-0.2, 0) is 16.4 Å². The second kappa shape index (κ2) is 6.91. The van der Waals surface area contributed by atoms with Gasteiger partial charge in [0.25, 0.3) is 0 Å². The topological polar surface area (TPSA) is 96.0 Å². The molecule has 0 heterocycles. The second-order valence-corrected chi connectivity index (χ2v) is 5.30. The minimum absolute atomic E-state index is 0.185. The van der Waals surface area contributed by atoms with E-state index in [0.29, 0.717) is 6.54 Å². The summed E-state index contributed by atoms with van der Waals surface area (Å²) in [6.07, 6.45) is 3.60. The van der Waals surface area contributed by atoms with Crippen LogP contribution in [-0.4, -0.2) is 21.5 Å². The lowest BCUT2D eigenvalue weighted by Crippen LogP contribution is -2.23. The maximum Gasteiger partial charge on any atom is 0.240 e. The zero-order chi connectivity index (χ0) is 13.4. The van der Waals surface area contributed by atoms with E-state index in [1.165, 1.54) is 12.1 Å². The highest BCUT2D eigenvalue weighted by Crippen LogP contribution is 2.10. The van der Waals surface area contributed by atoms with Crippen LogP contribution in [0.4, 0.5) is 0 Å². The largest absolute Gasteiger partial charge is 0.327 e. The van der Waals surface area contributed by atoms with Crippen LogP contribution in [0.25, 0.3) is 0 Å². The van der Waals surface area contributed by atoms with Crippen molar-refractivity contribution in [2.75, 3.05) is 13.1 Å². The summed E-state index contributed by atoms with van der Waals surface area (Å²) in [5.41, 5.74) is 6.04. The quantitative estimate of drug-likeness (QED) is 0.734. The van der Waals surface area contributed by atoms with E-state index < -0.39 is 10.0 Å². The Morgan fingerprint density at radius 1 is 1.28 bits per heavy atom. The van der Waals surface area contributed by atoms with Gasteiger partial charge in [0.15, 0.2) is 0 Å². The number of nitrogens with two attached hydrogens (primary N) is 1. The molecule has 0 amide bonds. The average molecular weight is 265 g/mol. The van der Waals surface area contributed by atoms with E-state index >= 15 is 0 Å². The number of benzene rings is 1. The molecule has 0 unspecified atom stereocenters. The Hall–Kier alpha value is -1.68. The van der Waals surface area contributed by atoms with E-state index in [9.17, 15) is 8.42 Å². The van der Waals surface area contributed by atoms with Crippen molar-refractivity contribution in [3.8, 4) is 6.07 Å². The maximum atomic E-state index is 11.8. The Balaban J connectivity index is 2.73. The Kier molecular flexibility index (Phi) is 5.52. The molecule has 0 spiro atoms. The van der Waals surface area contributed by atoms with Crippen molar-refractivity contribution in [2.45, 2.75) is 11.3 Å². The van der Waals surface area contributed by atoms with Crippen molar-refractivity contribution in [2.24, 2.45) is 5.73 Å². The van der Waals surface area contributed by atoms with Crippen molar-refractivity contribution < 1.29 is 8.42 Å². The van der Waals surface area contributed by atoms with Gasteiger partial charge in [-0.3, -0.25) is 0 Å². The molecule has 0 saturated carbocycles. The first kappa shape index (κ1) is 14.4. The summed E-state index contributed by atoms with van der Waals surface area (Å²) in [7, 11) is -3.50. The van der Waals surface area contributed by atoms with Gasteiger partial charge >= 0.3 is 0 Å². The fraction of sp³-hybridized carbons (Fsp3) is 0.250. The van der Waals surface area contributed by atoms with E-state index in [-0.39, 0.29) is 17.9 Å². The van der Waals surface area contributed by atoms with Gasteiger partial charge < -0.3 is 5.73 Å². The lowest BCUT2D eigenvalue weighted by atomic mass is 10.2. The number of hydrogen-bond donors (Lipinski definition) is 2. The van der Waals surface area contributed by atoms with Crippen LogP contribution in [0.3, 0.4) is 0 Å². The van der Waals surface area contributed by atoms with E-state index in [4.69, 9.17) is 11.0 Å². The number of nitrogens with one attached hydrogen (secondary N) is 1. The van der Waals surface area contributed by atoms with Gasteiger partial charge in [0, 0.05) is 13.1 Å². The molecule has 0 aliphatic rings. The first-order chi connectivity index (χ1) is 8.60. The molecular formula is C12H15N3O2S. The van der Waals surface area contributed by atoms with Gasteiger partial charge in [0.2, 0.25) is 10.0 Å². The number of hydrogen-bond acceptors (Lipinski definition) is 4. The van der Waals surface area contributed by atoms with Crippen LogP contribution in [0.15, 0.2) is 41.3 Å². The minimum Gasteiger partial charge on any atom is -0.327 e. The molecule has 0 aliphatic carbocycles. The lowest BCUT2D eigenvalue weighted by molar-refractivity contribution is 0.585. The molecule has 1 rings (SSSR count). The maximum absolute atomic E-state index is 11.8. The van der Waals surface area contributed by atoms with E-state index in [0.717, 1.165) is 5.56 Å². The Morgan fingerprint density at radius 2 is 1.94 bits per heavy atom. The molecule has 0 fully saturated rings. The molecule has 3 N–H and O–H groups in total. The van der Waals surface area contributed by atoms with Gasteiger partial charge in [-0.15, -0.1) is 0 Å². The highest BCUT2D eigenvalue weighted by atomic mass is 32.2. The molecule has 5 nitrogen and oxygen atoms in total. The number of nitriles is 1. The summed E-state index contributed by atoms with van der Waals surface area (Å²) in [5, 5.41) is 8.52. The molecule has 0 saturated heterocycles. The molecular weight excluding hydrogens is 250 g/mol. The standard InChI is InChI=1S/C12H15N3O2S/c13-8-1-2-10-15-18(16,17)12-5-3-11(4-6-12)7-9-14/h1-6,15H,7-8,10,13H2/b2-1+.